The maximum Gasteiger partial charge on any atom is 0.0924 e. The van der Waals surface area contributed by atoms with Crippen molar-refractivity contribution in [2.24, 2.45) is 0 Å². The first-order chi connectivity index (χ1) is 5.06. The molecule has 0 amide bonds. The minimum Gasteiger partial charge on any atom is -0.501 e. The molecule has 0 aromatic heterocycles. The van der Waals surface area contributed by atoms with Crippen LogP contribution in [0.3, 0.4) is 0 Å². The molecule has 1 nitrogen and oxygen atoms in total. The number of methoxy groups -OCH3 is 1. The Morgan fingerprint density at radius 2 is 2.09 bits per heavy atom. The van der Waals surface area contributed by atoms with E-state index in [0.717, 1.165) is 16.7 Å². The molecule has 0 aliphatic heterocycles. The topological polar surface area (TPSA) is 9.23 Å². The van der Waals surface area contributed by atoms with Crippen LogP contribution >= 0.6 is 15.9 Å². The molecule has 0 saturated heterocycles. The summed E-state index contributed by atoms with van der Waals surface area (Å²) in [6.45, 7) is 9.42. The van der Waals surface area contributed by atoms with Gasteiger partial charge in [-0.05, 0) is 13.0 Å². The summed E-state index contributed by atoms with van der Waals surface area (Å²) in [4.78, 5) is 0. The SMILES string of the molecule is C=C(Br)/C=C(\C)CC(=C)OC. The minimum atomic E-state index is 0.765. The molecule has 11 heavy (non-hydrogen) atoms. The third-order valence-corrected chi connectivity index (χ3v) is 1.40. The Hall–Kier alpha value is -0.500. The van der Waals surface area contributed by atoms with Crippen molar-refractivity contribution in [3.05, 3.63) is 35.0 Å². The molecule has 0 aromatic carbocycles. The lowest BCUT2D eigenvalue weighted by molar-refractivity contribution is 0.285. The van der Waals surface area contributed by atoms with Crippen molar-refractivity contribution in [2.75, 3.05) is 7.11 Å². The van der Waals surface area contributed by atoms with Gasteiger partial charge in [-0.3, -0.25) is 0 Å². The molecule has 0 aliphatic rings. The molecule has 0 rings (SSSR count). The van der Waals surface area contributed by atoms with E-state index in [2.05, 4.69) is 29.1 Å². The summed E-state index contributed by atoms with van der Waals surface area (Å²) >= 11 is 3.25. The largest absolute Gasteiger partial charge is 0.501 e. The van der Waals surface area contributed by atoms with Crippen LogP contribution < -0.4 is 0 Å². The summed E-state index contributed by atoms with van der Waals surface area (Å²) in [5, 5.41) is 0. The van der Waals surface area contributed by atoms with Gasteiger partial charge in [-0.2, -0.15) is 0 Å². The maximum atomic E-state index is 4.92. The first-order valence-electron chi connectivity index (χ1n) is 3.29. The molecule has 0 N–H and O–H groups in total. The lowest BCUT2D eigenvalue weighted by Crippen LogP contribution is -1.85. The highest BCUT2D eigenvalue weighted by Gasteiger charge is 1.94. The Labute approximate surface area is 76.6 Å². The monoisotopic (exact) mass is 216 g/mol. The van der Waals surface area contributed by atoms with E-state index in [1.807, 2.05) is 13.0 Å². The fourth-order valence-electron chi connectivity index (χ4n) is 0.702. The third kappa shape index (κ3) is 5.92. The molecule has 0 radical (unpaired) electrons. The number of allylic oxidation sites excluding steroid dienone is 3. The predicted molar refractivity (Wildman–Crippen MR) is 52.6 cm³/mol. The van der Waals surface area contributed by atoms with Gasteiger partial charge < -0.3 is 4.74 Å². The van der Waals surface area contributed by atoms with E-state index in [9.17, 15) is 0 Å². The normalized spacial score (nSPS) is 11.0. The van der Waals surface area contributed by atoms with Crippen LogP contribution in [0, 0.1) is 0 Å². The zero-order valence-corrected chi connectivity index (χ0v) is 8.57. The lowest BCUT2D eigenvalue weighted by Gasteiger charge is -2.03. The van der Waals surface area contributed by atoms with Gasteiger partial charge in [0.15, 0.2) is 0 Å². The second-order valence-electron chi connectivity index (χ2n) is 2.36. The molecule has 2 heteroatoms. The highest BCUT2D eigenvalue weighted by Crippen LogP contribution is 2.13. The van der Waals surface area contributed by atoms with Gasteiger partial charge in [-0.1, -0.05) is 34.7 Å². The van der Waals surface area contributed by atoms with Crippen molar-refractivity contribution >= 4 is 15.9 Å². The lowest BCUT2D eigenvalue weighted by atomic mass is 10.2. The first-order valence-corrected chi connectivity index (χ1v) is 4.09. The maximum absolute atomic E-state index is 4.92. The number of hydrogen-bond donors (Lipinski definition) is 0. The Morgan fingerprint density at radius 1 is 1.55 bits per heavy atom. The molecular formula is C9H13BrO. The summed E-state index contributed by atoms with van der Waals surface area (Å²) < 4.78 is 5.80. The first kappa shape index (κ1) is 10.5. The van der Waals surface area contributed by atoms with Crippen LogP contribution in [0.15, 0.2) is 35.0 Å². The molecular weight excluding hydrogens is 204 g/mol. The quantitative estimate of drug-likeness (QED) is 0.518. The third-order valence-electron chi connectivity index (χ3n) is 1.17. The summed E-state index contributed by atoms with van der Waals surface area (Å²) in [6, 6.07) is 0. The number of rotatable bonds is 4. The average molecular weight is 217 g/mol. The predicted octanol–water partition coefficient (Wildman–Crippen LogP) is 3.39. The van der Waals surface area contributed by atoms with E-state index in [1.54, 1.807) is 7.11 Å². The van der Waals surface area contributed by atoms with Gasteiger partial charge in [0.05, 0.1) is 12.9 Å². The summed E-state index contributed by atoms with van der Waals surface area (Å²) in [7, 11) is 1.62. The Kier molecular flexibility index (Phi) is 4.95. The zero-order valence-electron chi connectivity index (χ0n) is 6.98. The van der Waals surface area contributed by atoms with Gasteiger partial charge in [0.25, 0.3) is 0 Å². The molecule has 0 atom stereocenters. The smallest absolute Gasteiger partial charge is 0.0924 e. The summed E-state index contributed by atoms with van der Waals surface area (Å²) in [6.07, 6.45) is 2.71. The van der Waals surface area contributed by atoms with Gasteiger partial charge in [0, 0.05) is 10.9 Å². The van der Waals surface area contributed by atoms with Crippen molar-refractivity contribution in [2.45, 2.75) is 13.3 Å². The van der Waals surface area contributed by atoms with Gasteiger partial charge in [-0.15, -0.1) is 0 Å². The summed E-state index contributed by atoms with van der Waals surface area (Å²) in [5.74, 6) is 0.771. The number of ether oxygens (including phenoxy) is 1. The van der Waals surface area contributed by atoms with E-state index >= 15 is 0 Å². The van der Waals surface area contributed by atoms with E-state index in [1.165, 1.54) is 5.57 Å². The Morgan fingerprint density at radius 3 is 2.45 bits per heavy atom. The number of hydrogen-bond acceptors (Lipinski definition) is 1. The molecule has 0 heterocycles. The van der Waals surface area contributed by atoms with E-state index < -0.39 is 0 Å². The van der Waals surface area contributed by atoms with Crippen molar-refractivity contribution in [3.63, 3.8) is 0 Å². The van der Waals surface area contributed by atoms with Crippen LogP contribution in [0.2, 0.25) is 0 Å². The van der Waals surface area contributed by atoms with Crippen molar-refractivity contribution in [1.29, 1.82) is 0 Å². The molecule has 0 fully saturated rings. The van der Waals surface area contributed by atoms with Gasteiger partial charge in [0.1, 0.15) is 0 Å². The van der Waals surface area contributed by atoms with Crippen LogP contribution in [0.4, 0.5) is 0 Å². The summed E-state index contributed by atoms with van der Waals surface area (Å²) in [5.41, 5.74) is 1.18. The second-order valence-corrected chi connectivity index (χ2v) is 3.38. The molecule has 0 aliphatic carbocycles. The zero-order chi connectivity index (χ0) is 8.85. The van der Waals surface area contributed by atoms with Gasteiger partial charge in [-0.25, -0.2) is 0 Å². The van der Waals surface area contributed by atoms with Crippen molar-refractivity contribution in [3.8, 4) is 0 Å². The standard InChI is InChI=1S/C9H13BrO/c1-7(5-8(2)10)6-9(3)11-4/h5H,2-3,6H2,1,4H3/b7-5+. The van der Waals surface area contributed by atoms with Gasteiger partial charge in [0.2, 0.25) is 0 Å². The Bertz CT molecular complexity index is 192. The van der Waals surface area contributed by atoms with E-state index in [-0.39, 0.29) is 0 Å². The molecule has 0 aromatic rings. The fraction of sp³-hybridized carbons (Fsp3) is 0.333. The van der Waals surface area contributed by atoms with Crippen LogP contribution in [0.5, 0.6) is 0 Å². The Balaban J connectivity index is 3.96. The van der Waals surface area contributed by atoms with Crippen molar-refractivity contribution in [1.82, 2.24) is 0 Å². The number of halogens is 1. The van der Waals surface area contributed by atoms with Crippen LogP contribution in [-0.4, -0.2) is 7.11 Å². The fourth-order valence-corrected chi connectivity index (χ4v) is 1.09. The van der Waals surface area contributed by atoms with E-state index in [4.69, 9.17) is 4.74 Å². The minimum absolute atomic E-state index is 0.765. The van der Waals surface area contributed by atoms with Crippen LogP contribution in [0.25, 0.3) is 0 Å². The van der Waals surface area contributed by atoms with Gasteiger partial charge >= 0.3 is 0 Å². The molecule has 62 valence electrons. The average Bonchev–Trinajstić information content (AvgIpc) is 1.85. The highest BCUT2D eigenvalue weighted by atomic mass is 79.9. The van der Waals surface area contributed by atoms with E-state index in [0.29, 0.717) is 0 Å². The van der Waals surface area contributed by atoms with Crippen molar-refractivity contribution < 1.29 is 4.74 Å². The van der Waals surface area contributed by atoms with Crippen LogP contribution in [-0.2, 0) is 4.74 Å². The molecule has 0 spiro atoms. The molecule has 0 bridgehead atoms. The molecule has 0 saturated carbocycles. The second kappa shape index (κ2) is 5.19. The highest BCUT2D eigenvalue weighted by molar-refractivity contribution is 9.11. The van der Waals surface area contributed by atoms with Crippen LogP contribution in [0.1, 0.15) is 13.3 Å². The molecule has 0 unspecified atom stereocenters.